The average molecular weight is 486 g/mol. The standard InChI is InChI=1S/C24H27N3O4S2/c1-17-3-8-21(33(29,30)27-11-13-31-14-12-27)15-22(17)24(28)25-10-9-19-4-6-20(7-5-19)23-16-32-18(2)26-23/h3-8,15-16H,9-14H2,1-2H3,(H,25,28). The second-order valence-electron chi connectivity index (χ2n) is 7.95. The van der Waals surface area contributed by atoms with Gasteiger partial charge in [0, 0.05) is 36.1 Å². The summed E-state index contributed by atoms with van der Waals surface area (Å²) in [5, 5.41) is 6.00. The monoisotopic (exact) mass is 485 g/mol. The summed E-state index contributed by atoms with van der Waals surface area (Å²) in [5.74, 6) is -0.277. The SMILES string of the molecule is Cc1nc(-c2ccc(CCNC(=O)c3cc(S(=O)(=O)N4CCOCC4)ccc3C)cc2)cs1. The third kappa shape index (κ3) is 5.50. The molecule has 4 rings (SSSR count). The summed E-state index contributed by atoms with van der Waals surface area (Å²) < 4.78 is 32.5. The fourth-order valence-corrected chi connectivity index (χ4v) is 5.75. The molecule has 1 saturated heterocycles. The lowest BCUT2D eigenvalue weighted by atomic mass is 10.1. The molecule has 0 unspecified atom stereocenters. The van der Waals surface area contributed by atoms with Crippen LogP contribution in [-0.4, -0.2) is 56.5 Å². The van der Waals surface area contributed by atoms with Crippen molar-refractivity contribution in [1.82, 2.24) is 14.6 Å². The number of hydrogen-bond acceptors (Lipinski definition) is 6. The molecule has 33 heavy (non-hydrogen) atoms. The van der Waals surface area contributed by atoms with Crippen LogP contribution in [0.15, 0.2) is 52.7 Å². The number of sulfonamides is 1. The summed E-state index contributed by atoms with van der Waals surface area (Å²) in [4.78, 5) is 17.4. The molecular formula is C24H27N3O4S2. The fraction of sp³-hybridized carbons (Fsp3) is 0.333. The lowest BCUT2D eigenvalue weighted by Gasteiger charge is -2.26. The van der Waals surface area contributed by atoms with E-state index in [0.717, 1.165) is 27.4 Å². The van der Waals surface area contributed by atoms with Gasteiger partial charge in [-0.15, -0.1) is 11.3 Å². The molecule has 2 heterocycles. The molecule has 9 heteroatoms. The third-order valence-corrected chi connectivity index (χ3v) is 8.30. The first-order chi connectivity index (χ1) is 15.8. The predicted octanol–water partition coefficient (Wildman–Crippen LogP) is 3.42. The van der Waals surface area contributed by atoms with E-state index in [2.05, 4.69) is 10.3 Å². The van der Waals surface area contributed by atoms with Crippen molar-refractivity contribution in [3.8, 4) is 11.3 Å². The maximum atomic E-state index is 12.9. The molecule has 3 aromatic rings. The van der Waals surface area contributed by atoms with Gasteiger partial charge in [-0.05, 0) is 43.5 Å². The quantitative estimate of drug-likeness (QED) is 0.554. The number of thiazole rings is 1. The zero-order valence-electron chi connectivity index (χ0n) is 18.7. The largest absolute Gasteiger partial charge is 0.379 e. The lowest BCUT2D eigenvalue weighted by Crippen LogP contribution is -2.40. The average Bonchev–Trinajstić information content (AvgIpc) is 3.26. The summed E-state index contributed by atoms with van der Waals surface area (Å²) in [5.41, 5.74) is 4.25. The molecule has 2 aromatic carbocycles. The number of nitrogens with zero attached hydrogens (tertiary/aromatic N) is 2. The van der Waals surface area contributed by atoms with E-state index >= 15 is 0 Å². The Morgan fingerprint density at radius 3 is 2.52 bits per heavy atom. The van der Waals surface area contributed by atoms with Gasteiger partial charge in [0.25, 0.3) is 5.91 Å². The van der Waals surface area contributed by atoms with Gasteiger partial charge in [-0.1, -0.05) is 30.3 Å². The van der Waals surface area contributed by atoms with E-state index in [0.29, 0.717) is 44.8 Å². The van der Waals surface area contributed by atoms with E-state index in [1.165, 1.54) is 10.4 Å². The van der Waals surface area contributed by atoms with E-state index in [1.807, 2.05) is 36.6 Å². The zero-order chi connectivity index (χ0) is 23.4. The van der Waals surface area contributed by atoms with Gasteiger partial charge in [0.1, 0.15) is 0 Å². The molecule has 1 aliphatic rings. The number of morpholine rings is 1. The van der Waals surface area contributed by atoms with Crippen LogP contribution in [-0.2, 0) is 21.2 Å². The van der Waals surface area contributed by atoms with Crippen LogP contribution in [0.2, 0.25) is 0 Å². The van der Waals surface area contributed by atoms with Crippen molar-refractivity contribution in [3.05, 3.63) is 69.5 Å². The van der Waals surface area contributed by atoms with Gasteiger partial charge in [-0.25, -0.2) is 13.4 Å². The second-order valence-corrected chi connectivity index (χ2v) is 10.9. The Morgan fingerprint density at radius 1 is 1.12 bits per heavy atom. The van der Waals surface area contributed by atoms with Gasteiger partial charge in [0.2, 0.25) is 10.0 Å². The van der Waals surface area contributed by atoms with Crippen molar-refractivity contribution in [2.24, 2.45) is 0 Å². The number of nitrogens with one attached hydrogen (secondary N) is 1. The van der Waals surface area contributed by atoms with Crippen molar-refractivity contribution in [1.29, 1.82) is 0 Å². The van der Waals surface area contributed by atoms with Crippen LogP contribution in [0.3, 0.4) is 0 Å². The third-order valence-electron chi connectivity index (χ3n) is 5.63. The van der Waals surface area contributed by atoms with Gasteiger partial charge in [-0.2, -0.15) is 4.31 Å². The summed E-state index contributed by atoms with van der Waals surface area (Å²) in [6.45, 7) is 5.64. The highest BCUT2D eigenvalue weighted by molar-refractivity contribution is 7.89. The smallest absolute Gasteiger partial charge is 0.251 e. The van der Waals surface area contributed by atoms with Crippen LogP contribution in [0.5, 0.6) is 0 Å². The van der Waals surface area contributed by atoms with Gasteiger partial charge in [0.05, 0.1) is 28.8 Å². The first-order valence-electron chi connectivity index (χ1n) is 10.8. The molecule has 1 aromatic heterocycles. The molecule has 7 nitrogen and oxygen atoms in total. The molecule has 0 aliphatic carbocycles. The Morgan fingerprint density at radius 2 is 1.85 bits per heavy atom. The molecule has 0 radical (unpaired) electrons. The molecule has 1 amide bonds. The second kappa shape index (κ2) is 10.1. The maximum absolute atomic E-state index is 12.9. The molecular weight excluding hydrogens is 458 g/mol. The minimum atomic E-state index is -3.65. The molecule has 0 saturated carbocycles. The highest BCUT2D eigenvalue weighted by atomic mass is 32.2. The summed E-state index contributed by atoms with van der Waals surface area (Å²) >= 11 is 1.63. The number of aryl methyl sites for hydroxylation is 2. The van der Waals surface area contributed by atoms with Crippen LogP contribution in [0.25, 0.3) is 11.3 Å². The minimum absolute atomic E-state index is 0.132. The number of benzene rings is 2. The highest BCUT2D eigenvalue weighted by Crippen LogP contribution is 2.22. The van der Waals surface area contributed by atoms with Crippen molar-refractivity contribution in [3.63, 3.8) is 0 Å². The van der Waals surface area contributed by atoms with Gasteiger partial charge >= 0.3 is 0 Å². The number of rotatable bonds is 7. The van der Waals surface area contributed by atoms with Crippen LogP contribution >= 0.6 is 11.3 Å². The predicted molar refractivity (Wildman–Crippen MR) is 129 cm³/mol. The Labute approximate surface area is 198 Å². The summed E-state index contributed by atoms with van der Waals surface area (Å²) in [6, 6.07) is 12.9. The van der Waals surface area contributed by atoms with Gasteiger partial charge < -0.3 is 10.1 Å². The van der Waals surface area contributed by atoms with Crippen LogP contribution in [0, 0.1) is 13.8 Å². The number of amides is 1. The Balaban J connectivity index is 1.39. The van der Waals surface area contributed by atoms with E-state index in [4.69, 9.17) is 4.74 Å². The topological polar surface area (TPSA) is 88.6 Å². The van der Waals surface area contributed by atoms with Crippen LogP contribution in [0.1, 0.15) is 26.5 Å². The van der Waals surface area contributed by atoms with E-state index in [9.17, 15) is 13.2 Å². The molecule has 1 N–H and O–H groups in total. The summed E-state index contributed by atoms with van der Waals surface area (Å²) in [7, 11) is -3.65. The first-order valence-corrected chi connectivity index (χ1v) is 13.1. The van der Waals surface area contributed by atoms with E-state index in [1.54, 1.807) is 30.4 Å². The van der Waals surface area contributed by atoms with Gasteiger partial charge in [0.15, 0.2) is 0 Å². The minimum Gasteiger partial charge on any atom is -0.379 e. The molecule has 0 atom stereocenters. The summed E-state index contributed by atoms with van der Waals surface area (Å²) in [6.07, 6.45) is 0.674. The van der Waals surface area contributed by atoms with Crippen LogP contribution < -0.4 is 5.32 Å². The number of ether oxygens (including phenoxy) is 1. The van der Waals surface area contributed by atoms with Gasteiger partial charge in [-0.3, -0.25) is 4.79 Å². The Kier molecular flexibility index (Phi) is 7.23. The van der Waals surface area contributed by atoms with E-state index in [-0.39, 0.29) is 10.8 Å². The molecule has 174 valence electrons. The fourth-order valence-electron chi connectivity index (χ4n) is 3.70. The normalized spacial score (nSPS) is 14.8. The zero-order valence-corrected chi connectivity index (χ0v) is 20.3. The number of hydrogen-bond donors (Lipinski definition) is 1. The Hall–Kier alpha value is -2.59. The van der Waals surface area contributed by atoms with E-state index < -0.39 is 10.0 Å². The molecule has 0 bridgehead atoms. The van der Waals surface area contributed by atoms with Crippen molar-refractivity contribution in [2.75, 3.05) is 32.8 Å². The van der Waals surface area contributed by atoms with Crippen molar-refractivity contribution >= 4 is 27.3 Å². The van der Waals surface area contributed by atoms with Crippen molar-refractivity contribution < 1.29 is 17.9 Å². The molecule has 0 spiro atoms. The maximum Gasteiger partial charge on any atom is 0.251 e. The van der Waals surface area contributed by atoms with Crippen molar-refractivity contribution in [2.45, 2.75) is 25.2 Å². The lowest BCUT2D eigenvalue weighted by molar-refractivity contribution is 0.0730. The highest BCUT2D eigenvalue weighted by Gasteiger charge is 2.27. The number of carbonyl (C=O) groups is 1. The number of carbonyl (C=O) groups excluding carboxylic acids is 1. The van der Waals surface area contributed by atoms with Crippen LogP contribution in [0.4, 0.5) is 0 Å². The first kappa shape index (κ1) is 23.6. The number of aromatic nitrogens is 1. The molecule has 1 fully saturated rings. The molecule has 1 aliphatic heterocycles. The Bertz CT molecular complexity index is 1230.